The molecule has 31 heteroatoms. The van der Waals surface area contributed by atoms with Crippen molar-refractivity contribution in [1.82, 2.24) is 21.3 Å². The van der Waals surface area contributed by atoms with Crippen molar-refractivity contribution >= 4 is 64.5 Å². The van der Waals surface area contributed by atoms with Crippen LogP contribution in [0.3, 0.4) is 0 Å². The first-order chi connectivity index (χ1) is 47.7. The predicted molar refractivity (Wildman–Crippen MR) is 356 cm³/mol. The van der Waals surface area contributed by atoms with Gasteiger partial charge in [0, 0.05) is 60.9 Å². The minimum atomic E-state index is -1.95. The first-order valence-electron chi connectivity index (χ1n) is 32.3. The SMILES string of the molecule is C=C1CC2C(=O)C[C@H](C(=O)NCc3cc(O)cc(O)c3-c3cc2ccc3O)C(O)c2ccc(c(Cl)c2)Oc2cc3cc(c2OC2OC(CO)C(O)C(O)C2OC2CC(C)(N)C(O)C(C)O2)Oc2ccc(cc2Cl)C(O)C(NC(=O)C(CC(C)C)NC)C(=O)CC(CC(N)=O)C(=O)NC13.O=C=O. The van der Waals surface area contributed by atoms with E-state index in [0.717, 1.165) is 6.07 Å². The molecule has 5 aromatic rings. The summed E-state index contributed by atoms with van der Waals surface area (Å²) in [6.07, 6.45) is -18.7. The van der Waals surface area contributed by atoms with Gasteiger partial charge in [-0.2, -0.15) is 9.59 Å². The van der Waals surface area contributed by atoms with E-state index < -0.39 is 211 Å². The van der Waals surface area contributed by atoms with Crippen LogP contribution < -0.4 is 46.9 Å². The number of Topliss-reactive ketones (excluding diaryl/α,β-unsaturated/α-hetero) is 2. The molecule has 2 fully saturated rings. The quantitative estimate of drug-likeness (QED) is 0.0786. The monoisotopic (exact) mass is 1440 g/mol. The number of carbonyl (C=O) groups is 6. The van der Waals surface area contributed by atoms with Crippen LogP contribution in [0.15, 0.2) is 91.0 Å². The van der Waals surface area contributed by atoms with Gasteiger partial charge >= 0.3 is 6.15 Å². The molecule has 16 unspecified atom stereocenters. The van der Waals surface area contributed by atoms with Crippen LogP contribution in [0, 0.1) is 17.8 Å². The molecule has 0 radical (unpaired) electrons. The number of amides is 4. The van der Waals surface area contributed by atoms with Gasteiger partial charge in [0.15, 0.2) is 29.7 Å². The first-order valence-corrected chi connectivity index (χ1v) is 33.0. The second-order valence-corrected chi connectivity index (χ2v) is 27.2. The summed E-state index contributed by atoms with van der Waals surface area (Å²) < 4.78 is 38.9. The summed E-state index contributed by atoms with van der Waals surface area (Å²) >= 11 is 14.3. The van der Waals surface area contributed by atoms with Gasteiger partial charge in [0.25, 0.3) is 0 Å². The number of hydrogen-bond acceptors (Lipinski definition) is 25. The molecule has 542 valence electrons. The highest BCUT2D eigenvalue weighted by atomic mass is 35.5. The molecule has 29 nitrogen and oxygen atoms in total. The molecular formula is C70H80Cl2N6O23. The molecular weight excluding hydrogens is 1360 g/mol. The summed E-state index contributed by atoms with van der Waals surface area (Å²) in [5.41, 5.74) is 11.0. The van der Waals surface area contributed by atoms with E-state index in [4.69, 9.17) is 72.7 Å². The third-order valence-corrected chi connectivity index (χ3v) is 19.1. The number of likely N-dealkylation sites (N-methyl/N-ethyl adjacent to an activating group) is 1. The van der Waals surface area contributed by atoms with Crippen LogP contribution in [0.4, 0.5) is 0 Å². The van der Waals surface area contributed by atoms with Gasteiger partial charge in [-0.15, -0.1) is 0 Å². The van der Waals surface area contributed by atoms with E-state index in [9.17, 15) is 65.1 Å². The molecule has 4 amide bonds. The lowest BCUT2D eigenvalue weighted by molar-refractivity contribution is -0.333. The van der Waals surface area contributed by atoms with Crippen LogP contribution in [0.5, 0.6) is 46.0 Å². The Morgan fingerprint density at radius 2 is 1.42 bits per heavy atom. The maximum Gasteiger partial charge on any atom is 0.373 e. The average Bonchev–Trinajstić information content (AvgIpc) is 0.766. The number of phenolic OH excluding ortho intramolecular Hbond substituents is 3. The number of aliphatic hydroxyl groups excluding tert-OH is 6. The third kappa shape index (κ3) is 17.1. The second kappa shape index (κ2) is 32.1. The van der Waals surface area contributed by atoms with E-state index in [1.165, 1.54) is 86.8 Å². The molecule has 17 atom stereocenters. The number of rotatable bonds is 12. The van der Waals surface area contributed by atoms with E-state index in [1.807, 2.05) is 13.8 Å². The van der Waals surface area contributed by atoms with Gasteiger partial charge in [0.2, 0.25) is 35.7 Å². The molecule has 0 saturated carbocycles. The maximum absolute atomic E-state index is 15.6. The lowest BCUT2D eigenvalue weighted by Gasteiger charge is -2.47. The van der Waals surface area contributed by atoms with Gasteiger partial charge < -0.3 is 107 Å². The van der Waals surface area contributed by atoms with Crippen LogP contribution >= 0.6 is 23.2 Å². The fourth-order valence-electron chi connectivity index (χ4n) is 13.2. The molecule has 11 bridgehead atoms. The highest BCUT2D eigenvalue weighted by Gasteiger charge is 2.51. The Kier molecular flexibility index (Phi) is 24.4. The van der Waals surface area contributed by atoms with Crippen molar-refractivity contribution in [2.45, 2.75) is 164 Å². The van der Waals surface area contributed by atoms with Gasteiger partial charge in [-0.25, -0.2) is 0 Å². The normalized spacial score (nSPS) is 28.7. The molecule has 5 aromatic carbocycles. The van der Waals surface area contributed by atoms with Crippen molar-refractivity contribution in [3.8, 4) is 57.1 Å². The topological polar surface area (TPSA) is 474 Å². The zero-order valence-electron chi connectivity index (χ0n) is 55.3. The standard InChI is InChI=1S/C69H80Cl2N6O21.CO2/c1-28(2)13-43(74-6)67(92)77-57-47(83)19-35(22-53(72)84)65(90)76-56-29(3)14-38-31-7-10-44(80)39(16-31)55-36(15-37(79)23-46(55)82)26-75-66(91)40(24-45(38)81)58(85)32-8-11-48(41(70)17-32)94-50-20-34(56)21-51(95-49-12-9-33(59(57)86)18-42(49)71)62(50)98-68-63(61(88)60(87)52(27-78)96-68)97-54-25-69(5,73)64(89)30(4)93-54;2-1-3/h7-12,15-18,20-21,23,28,30,35,38,40,43,52,54,56-61,63-64,68,74,78-80,82,85-89H,3,13-14,19,22,24-27,73H2,1-2,4-6H3,(H2,72,84)(H,75,91)(H,76,90)(H,77,92);/t30?,35?,38?,40-,43?,52?,54?,56?,57?,58?,59?,60?,61?,63?,64?,68?,69?;/m0./s1. The molecule has 101 heavy (non-hydrogen) atoms. The van der Waals surface area contributed by atoms with Crippen molar-refractivity contribution in [2.75, 3.05) is 13.7 Å². The Morgan fingerprint density at radius 3 is 2.00 bits per heavy atom. The number of ether oxygens (including phenoxy) is 6. The summed E-state index contributed by atoms with van der Waals surface area (Å²) in [6.45, 7) is 9.98. The lowest BCUT2D eigenvalue weighted by atomic mass is 9.79. The van der Waals surface area contributed by atoms with Crippen LogP contribution in [-0.4, -0.2) is 168 Å². The zero-order chi connectivity index (χ0) is 73.8. The summed E-state index contributed by atoms with van der Waals surface area (Å²) in [5.74, 6) is -13.2. The fourth-order valence-corrected chi connectivity index (χ4v) is 13.6. The summed E-state index contributed by atoms with van der Waals surface area (Å²) in [4.78, 5) is 104. The Morgan fingerprint density at radius 1 is 0.792 bits per heavy atom. The highest BCUT2D eigenvalue weighted by molar-refractivity contribution is 6.32. The molecule has 12 rings (SSSR count). The Labute approximate surface area is 588 Å². The number of aromatic hydroxyl groups is 3. The Hall–Kier alpha value is -8.62. The smallest absolute Gasteiger partial charge is 0.373 e. The molecule has 0 spiro atoms. The lowest BCUT2D eigenvalue weighted by Crippen LogP contribution is -2.64. The van der Waals surface area contributed by atoms with E-state index >= 15 is 9.59 Å². The summed E-state index contributed by atoms with van der Waals surface area (Å²) in [6, 6.07) is 12.3. The van der Waals surface area contributed by atoms with Crippen molar-refractivity contribution < 1.29 is 113 Å². The van der Waals surface area contributed by atoms with Crippen LogP contribution in [0.25, 0.3) is 11.1 Å². The zero-order valence-corrected chi connectivity index (χ0v) is 56.8. The Balaban J connectivity index is 0.00000389. The fraction of sp³-hybridized carbons (Fsp3) is 0.443. The summed E-state index contributed by atoms with van der Waals surface area (Å²) in [5, 5.41) is 114. The van der Waals surface area contributed by atoms with E-state index in [2.05, 4.69) is 27.8 Å². The van der Waals surface area contributed by atoms with Gasteiger partial charge in [0.05, 0.1) is 58.9 Å². The average molecular weight is 1440 g/mol. The minimum Gasteiger partial charge on any atom is -0.508 e. The number of aliphatic hydroxyl groups is 6. The molecule has 0 aliphatic carbocycles. The number of nitrogens with two attached hydrogens (primary N) is 2. The van der Waals surface area contributed by atoms with Crippen molar-refractivity contribution in [1.29, 1.82) is 0 Å². The van der Waals surface area contributed by atoms with Gasteiger partial charge in [-0.1, -0.05) is 61.8 Å². The van der Waals surface area contributed by atoms with Crippen molar-refractivity contribution in [3.05, 3.63) is 129 Å². The van der Waals surface area contributed by atoms with Crippen molar-refractivity contribution in [3.63, 3.8) is 0 Å². The molecule has 17 N–H and O–H groups in total. The van der Waals surface area contributed by atoms with Crippen LogP contribution in [-0.2, 0) is 59.1 Å². The van der Waals surface area contributed by atoms with E-state index in [1.54, 1.807) is 6.92 Å². The predicted octanol–water partition coefficient (Wildman–Crippen LogP) is 3.95. The molecule has 7 aliphatic heterocycles. The number of phenols is 3. The molecule has 2 saturated heterocycles. The maximum atomic E-state index is 15.6. The largest absolute Gasteiger partial charge is 0.508 e. The van der Waals surface area contributed by atoms with E-state index in [0.29, 0.717) is 0 Å². The number of carbonyl (C=O) groups excluding carboxylic acids is 8. The van der Waals surface area contributed by atoms with Gasteiger partial charge in [-0.05, 0) is 128 Å². The van der Waals surface area contributed by atoms with Crippen molar-refractivity contribution in [2.24, 2.45) is 29.2 Å². The minimum absolute atomic E-state index is 0.00374. The second-order valence-electron chi connectivity index (χ2n) is 26.4. The summed E-state index contributed by atoms with van der Waals surface area (Å²) in [7, 11) is 1.53. The van der Waals surface area contributed by atoms with Gasteiger partial charge in [0.1, 0.15) is 65.0 Å². The number of fused-ring (bicyclic) bond motifs is 15. The number of halogens is 2. The van der Waals surface area contributed by atoms with E-state index in [-0.39, 0.29) is 91.0 Å². The molecule has 7 heterocycles. The molecule has 0 aromatic heterocycles. The number of primary amides is 1. The molecule has 7 aliphatic rings. The Bertz CT molecular complexity index is 4020. The number of ketones is 2. The third-order valence-electron chi connectivity index (χ3n) is 18.5. The number of nitrogens with one attached hydrogen (secondary N) is 4. The van der Waals surface area contributed by atoms with Crippen LogP contribution in [0.1, 0.15) is 118 Å². The number of hydrogen-bond donors (Lipinski definition) is 15. The number of benzene rings is 5. The van der Waals surface area contributed by atoms with Gasteiger partial charge in [-0.3, -0.25) is 28.8 Å². The first kappa shape index (κ1) is 76.6. The highest BCUT2D eigenvalue weighted by Crippen LogP contribution is 2.51. The van der Waals surface area contributed by atoms with Crippen LogP contribution in [0.2, 0.25) is 10.0 Å².